The highest BCUT2D eigenvalue weighted by molar-refractivity contribution is 7.90. The Hall–Kier alpha value is -3.36. The molecule has 2 aliphatic heterocycles. The van der Waals surface area contributed by atoms with Gasteiger partial charge < -0.3 is 14.7 Å². The zero-order valence-corrected chi connectivity index (χ0v) is 25.5. The topological polar surface area (TPSA) is 70.1 Å². The molecule has 8 heteroatoms. The van der Waals surface area contributed by atoms with Crippen LogP contribution in [0.2, 0.25) is 0 Å². The van der Waals surface area contributed by atoms with Crippen LogP contribution in [-0.4, -0.2) is 57.4 Å². The molecule has 42 heavy (non-hydrogen) atoms. The Morgan fingerprint density at radius 1 is 1.07 bits per heavy atom. The van der Waals surface area contributed by atoms with Crippen LogP contribution in [0.3, 0.4) is 0 Å². The maximum absolute atomic E-state index is 15.5. The second-order valence-corrected chi connectivity index (χ2v) is 14.4. The lowest BCUT2D eigenvalue weighted by Gasteiger charge is -2.33. The summed E-state index contributed by atoms with van der Waals surface area (Å²) in [6.07, 6.45) is 3.65. The Kier molecular flexibility index (Phi) is 7.56. The molecule has 0 aromatic heterocycles. The van der Waals surface area contributed by atoms with Gasteiger partial charge in [-0.2, -0.15) is 0 Å². The van der Waals surface area contributed by atoms with Gasteiger partial charge in [-0.25, -0.2) is 12.8 Å². The molecule has 2 fully saturated rings. The fraction of sp³-hybridized carbons (Fsp3) is 0.412. The number of rotatable bonds is 8. The van der Waals surface area contributed by atoms with Gasteiger partial charge >= 0.3 is 0 Å². The molecule has 0 bridgehead atoms. The van der Waals surface area contributed by atoms with Gasteiger partial charge in [0.15, 0.2) is 21.4 Å². The minimum absolute atomic E-state index is 0.100. The number of halogens is 1. The minimum atomic E-state index is -3.46. The van der Waals surface area contributed by atoms with E-state index in [4.69, 9.17) is 4.74 Å². The van der Waals surface area contributed by atoms with Crippen molar-refractivity contribution >= 4 is 26.7 Å². The van der Waals surface area contributed by atoms with Crippen molar-refractivity contribution in [3.05, 3.63) is 83.2 Å². The second-order valence-electron chi connectivity index (χ2n) is 12.4. The van der Waals surface area contributed by atoms with Crippen molar-refractivity contribution in [3.63, 3.8) is 0 Å². The summed E-state index contributed by atoms with van der Waals surface area (Å²) in [5.74, 6) is 0.0981. The lowest BCUT2D eigenvalue weighted by molar-refractivity contribution is 0.254. The number of benzene rings is 3. The van der Waals surface area contributed by atoms with Crippen molar-refractivity contribution in [1.82, 2.24) is 4.90 Å². The van der Waals surface area contributed by atoms with Crippen LogP contribution in [0.1, 0.15) is 55.9 Å². The zero-order chi connectivity index (χ0) is 29.8. The number of likely N-dealkylation sites (tertiary alicyclic amines) is 1. The normalized spacial score (nSPS) is 21.6. The molecule has 2 heterocycles. The predicted molar refractivity (Wildman–Crippen MR) is 165 cm³/mol. The molecule has 222 valence electrons. The number of sulfone groups is 1. The van der Waals surface area contributed by atoms with Crippen LogP contribution < -0.4 is 9.64 Å². The third kappa shape index (κ3) is 5.54. The molecular weight excluding hydrogens is 551 g/mol. The van der Waals surface area contributed by atoms with Crippen molar-refractivity contribution in [3.8, 4) is 11.5 Å². The van der Waals surface area contributed by atoms with E-state index in [9.17, 15) is 13.5 Å². The van der Waals surface area contributed by atoms with Gasteiger partial charge in [-0.05, 0) is 97.7 Å². The number of ether oxygens (including phenoxy) is 1. The number of anilines is 1. The van der Waals surface area contributed by atoms with E-state index in [-0.39, 0.29) is 16.4 Å². The first-order valence-corrected chi connectivity index (χ1v) is 16.7. The summed E-state index contributed by atoms with van der Waals surface area (Å²) in [6.45, 7) is 7.80. The van der Waals surface area contributed by atoms with Crippen molar-refractivity contribution in [2.45, 2.75) is 50.2 Å². The lowest BCUT2D eigenvalue weighted by atomic mass is 9.83. The smallest absolute Gasteiger partial charge is 0.176 e. The maximum atomic E-state index is 15.5. The largest absolute Gasteiger partial charge is 0.505 e. The Balaban J connectivity index is 1.40. The van der Waals surface area contributed by atoms with E-state index in [1.54, 1.807) is 24.3 Å². The van der Waals surface area contributed by atoms with E-state index in [1.807, 2.05) is 18.2 Å². The summed E-state index contributed by atoms with van der Waals surface area (Å²) in [5.41, 5.74) is 4.47. The molecule has 1 saturated carbocycles. The average Bonchev–Trinajstić information content (AvgIpc) is 3.72. The van der Waals surface area contributed by atoms with Crippen molar-refractivity contribution < 1.29 is 22.7 Å². The van der Waals surface area contributed by atoms with E-state index in [0.717, 1.165) is 60.8 Å². The monoisotopic (exact) mass is 590 g/mol. The Morgan fingerprint density at radius 3 is 2.45 bits per heavy atom. The number of allylic oxidation sites excluding steroid dienone is 1. The lowest BCUT2D eigenvalue weighted by Crippen LogP contribution is -2.39. The van der Waals surface area contributed by atoms with Crippen molar-refractivity contribution in [1.29, 1.82) is 0 Å². The van der Waals surface area contributed by atoms with E-state index >= 15 is 4.39 Å². The molecular formula is C34H39FN2O4S. The number of hydrogen-bond acceptors (Lipinski definition) is 6. The first-order chi connectivity index (χ1) is 20.0. The van der Waals surface area contributed by atoms with Gasteiger partial charge in [0.25, 0.3) is 0 Å². The molecule has 3 unspecified atom stereocenters. The SMILES string of the molecule is CC1CCN(C(C)CN(C)c2ccc(C3Oc4ccc(O)c(F)c4C(C4CC4)=C3c3cccc(S(C)(=O)=O)c3)cc2)C1. The molecule has 0 spiro atoms. The molecule has 3 aromatic rings. The highest BCUT2D eigenvalue weighted by atomic mass is 32.2. The summed E-state index contributed by atoms with van der Waals surface area (Å²) in [4.78, 5) is 5.03. The summed E-state index contributed by atoms with van der Waals surface area (Å²) in [6, 6.07) is 18.5. The molecule has 6 nitrogen and oxygen atoms in total. The fourth-order valence-electron chi connectivity index (χ4n) is 6.48. The van der Waals surface area contributed by atoms with Crippen LogP contribution >= 0.6 is 0 Å². The van der Waals surface area contributed by atoms with E-state index in [0.29, 0.717) is 17.4 Å². The van der Waals surface area contributed by atoms with E-state index < -0.39 is 27.5 Å². The number of phenolic OH excluding ortho intramolecular Hbond substituents is 1. The Labute approximate surface area is 248 Å². The molecule has 1 saturated heterocycles. The van der Waals surface area contributed by atoms with Gasteiger partial charge in [0, 0.05) is 43.7 Å². The fourth-order valence-corrected chi connectivity index (χ4v) is 7.15. The highest BCUT2D eigenvalue weighted by Crippen LogP contribution is 2.56. The predicted octanol–water partition coefficient (Wildman–Crippen LogP) is 6.56. The molecule has 0 radical (unpaired) electrons. The van der Waals surface area contributed by atoms with Gasteiger partial charge in [0.05, 0.1) is 10.5 Å². The van der Waals surface area contributed by atoms with Crippen LogP contribution in [0.4, 0.5) is 10.1 Å². The quantitative estimate of drug-likeness (QED) is 0.321. The van der Waals surface area contributed by atoms with Crippen LogP contribution in [0.5, 0.6) is 11.5 Å². The third-order valence-corrected chi connectivity index (χ3v) is 10.1. The molecule has 6 rings (SSSR count). The van der Waals surface area contributed by atoms with Crippen LogP contribution in [-0.2, 0) is 9.84 Å². The number of aromatic hydroxyl groups is 1. The van der Waals surface area contributed by atoms with Gasteiger partial charge in [-0.3, -0.25) is 4.90 Å². The van der Waals surface area contributed by atoms with E-state index in [2.05, 4.69) is 42.8 Å². The number of nitrogens with zero attached hydrogens (tertiary/aromatic N) is 2. The molecule has 3 atom stereocenters. The van der Waals surface area contributed by atoms with Gasteiger partial charge in [0.2, 0.25) is 0 Å². The summed E-state index contributed by atoms with van der Waals surface area (Å²) in [7, 11) is -1.35. The number of fused-ring (bicyclic) bond motifs is 1. The maximum Gasteiger partial charge on any atom is 0.176 e. The van der Waals surface area contributed by atoms with Gasteiger partial charge in [0.1, 0.15) is 11.9 Å². The first kappa shape index (κ1) is 28.7. The van der Waals surface area contributed by atoms with Crippen molar-refractivity contribution in [2.75, 3.05) is 37.8 Å². The molecule has 0 amide bonds. The van der Waals surface area contributed by atoms with E-state index in [1.165, 1.54) is 18.7 Å². The Morgan fingerprint density at radius 2 is 1.81 bits per heavy atom. The summed E-state index contributed by atoms with van der Waals surface area (Å²) >= 11 is 0. The van der Waals surface area contributed by atoms with Crippen LogP contribution in [0, 0.1) is 17.7 Å². The highest BCUT2D eigenvalue weighted by Gasteiger charge is 2.40. The third-order valence-electron chi connectivity index (χ3n) is 8.96. The zero-order valence-electron chi connectivity index (χ0n) is 24.7. The van der Waals surface area contributed by atoms with Crippen LogP contribution in [0.15, 0.2) is 65.6 Å². The van der Waals surface area contributed by atoms with Gasteiger partial charge in [-0.1, -0.05) is 31.2 Å². The van der Waals surface area contributed by atoms with Crippen molar-refractivity contribution in [2.24, 2.45) is 11.8 Å². The molecule has 3 aromatic carbocycles. The summed E-state index contributed by atoms with van der Waals surface area (Å²) < 4.78 is 47.0. The number of phenols is 1. The number of likely N-dealkylation sites (N-methyl/N-ethyl adjacent to an activating group) is 1. The minimum Gasteiger partial charge on any atom is -0.505 e. The second kappa shape index (κ2) is 11.0. The van der Waals surface area contributed by atoms with Crippen LogP contribution in [0.25, 0.3) is 11.1 Å². The molecule has 1 aliphatic carbocycles. The molecule has 1 N–H and O–H groups in total. The standard InChI is InChI=1S/C34H39FN2O4S/c1-21-16-17-37(19-21)22(2)20-36(3)26-12-10-24(11-13-26)34-31(25-6-5-7-27(18-25)42(4,39)40)30(23-8-9-23)32-29(41-34)15-14-28(38)33(32)35/h5-7,10-15,18,21-23,34,38H,8-9,16-17,19-20H2,1-4H3. The number of hydrogen-bond donors (Lipinski definition) is 1. The van der Waals surface area contributed by atoms with Gasteiger partial charge in [-0.15, -0.1) is 0 Å². The summed E-state index contributed by atoms with van der Waals surface area (Å²) in [5, 5.41) is 10.3. The Bertz CT molecular complexity index is 1630. The first-order valence-electron chi connectivity index (χ1n) is 14.8. The molecule has 3 aliphatic rings. The average molecular weight is 591 g/mol.